The first-order chi connectivity index (χ1) is 9.18. The fourth-order valence-corrected chi connectivity index (χ4v) is 3.31. The normalized spacial score (nSPS) is 18.9. The highest BCUT2D eigenvalue weighted by atomic mass is 15.2. The van der Waals surface area contributed by atoms with Crippen molar-refractivity contribution < 1.29 is 0 Å². The Labute approximate surface area is 115 Å². The Morgan fingerprint density at radius 1 is 1.16 bits per heavy atom. The number of rotatable bonds is 2. The van der Waals surface area contributed by atoms with Crippen LogP contribution in [0.4, 0.5) is 0 Å². The lowest BCUT2D eigenvalue weighted by Gasteiger charge is -2.33. The summed E-state index contributed by atoms with van der Waals surface area (Å²) in [7, 11) is 0. The van der Waals surface area contributed by atoms with Crippen molar-refractivity contribution in [2.75, 3.05) is 26.2 Å². The first-order valence-electron chi connectivity index (χ1n) is 7.21. The predicted octanol–water partition coefficient (Wildman–Crippen LogP) is 2.75. The minimum absolute atomic E-state index is 0.484. The van der Waals surface area contributed by atoms with Gasteiger partial charge in [0.05, 0.1) is 0 Å². The molecule has 1 atom stereocenters. The van der Waals surface area contributed by atoms with Gasteiger partial charge in [0.1, 0.15) is 0 Å². The first kappa shape index (κ1) is 12.7. The zero-order valence-corrected chi connectivity index (χ0v) is 12.1. The number of piperazine rings is 1. The average Bonchev–Trinajstić information content (AvgIpc) is 2.77. The zero-order valence-electron chi connectivity index (χ0n) is 12.1. The lowest BCUT2D eigenvalue weighted by Crippen LogP contribution is -2.44. The third-order valence-corrected chi connectivity index (χ3v) is 4.40. The van der Waals surface area contributed by atoms with Crippen molar-refractivity contribution in [3.8, 4) is 0 Å². The van der Waals surface area contributed by atoms with E-state index in [-0.39, 0.29) is 0 Å². The molecule has 0 saturated carbocycles. The second kappa shape index (κ2) is 4.99. The number of hydrogen-bond acceptors (Lipinski definition) is 2. The number of aryl methyl sites for hydroxylation is 2. The van der Waals surface area contributed by atoms with Gasteiger partial charge in [-0.3, -0.25) is 4.90 Å². The topological polar surface area (TPSA) is 31.1 Å². The summed E-state index contributed by atoms with van der Waals surface area (Å²) in [6, 6.07) is 7.08. The number of aromatic nitrogens is 1. The van der Waals surface area contributed by atoms with Gasteiger partial charge in [0, 0.05) is 48.8 Å². The number of H-pyrrole nitrogens is 1. The van der Waals surface area contributed by atoms with Gasteiger partial charge in [-0.05, 0) is 31.9 Å². The van der Waals surface area contributed by atoms with Crippen LogP contribution in [-0.4, -0.2) is 36.1 Å². The molecule has 1 saturated heterocycles. The Bertz CT molecular complexity index is 579. The van der Waals surface area contributed by atoms with Crippen molar-refractivity contribution in [3.05, 3.63) is 35.0 Å². The number of para-hydroxylation sites is 1. The highest BCUT2D eigenvalue weighted by Gasteiger charge is 2.22. The van der Waals surface area contributed by atoms with Crippen molar-refractivity contribution in [2.45, 2.75) is 26.8 Å². The number of hydrogen-bond donors (Lipinski definition) is 2. The Morgan fingerprint density at radius 3 is 2.63 bits per heavy atom. The Morgan fingerprint density at radius 2 is 1.89 bits per heavy atom. The summed E-state index contributed by atoms with van der Waals surface area (Å²) in [5, 5.41) is 4.82. The SMILES string of the molecule is Cc1[nH]c2c(C)cccc2c1C(C)N1CCNCC1. The molecule has 0 amide bonds. The summed E-state index contributed by atoms with van der Waals surface area (Å²) >= 11 is 0. The number of aromatic amines is 1. The molecule has 19 heavy (non-hydrogen) atoms. The van der Waals surface area contributed by atoms with Crippen LogP contribution in [0.3, 0.4) is 0 Å². The Hall–Kier alpha value is -1.32. The fraction of sp³-hybridized carbons (Fsp3) is 0.500. The van der Waals surface area contributed by atoms with Gasteiger partial charge < -0.3 is 10.3 Å². The molecule has 1 unspecified atom stereocenters. The molecule has 1 aliphatic heterocycles. The van der Waals surface area contributed by atoms with Gasteiger partial charge in [-0.15, -0.1) is 0 Å². The van der Waals surface area contributed by atoms with Crippen molar-refractivity contribution in [1.82, 2.24) is 15.2 Å². The second-order valence-electron chi connectivity index (χ2n) is 5.62. The van der Waals surface area contributed by atoms with E-state index in [2.05, 4.69) is 54.2 Å². The van der Waals surface area contributed by atoms with Crippen LogP contribution < -0.4 is 5.32 Å². The van der Waals surface area contributed by atoms with Crippen LogP contribution in [0.15, 0.2) is 18.2 Å². The summed E-state index contributed by atoms with van der Waals surface area (Å²) in [4.78, 5) is 6.15. The largest absolute Gasteiger partial charge is 0.358 e. The minimum atomic E-state index is 0.484. The maximum atomic E-state index is 3.57. The molecule has 0 bridgehead atoms. The standard InChI is InChI=1S/C16H23N3/c1-11-5-4-6-14-15(12(2)18-16(11)14)13(3)19-9-7-17-8-10-19/h4-6,13,17-18H,7-10H2,1-3H3. The van der Waals surface area contributed by atoms with E-state index in [9.17, 15) is 0 Å². The molecule has 2 heterocycles. The maximum absolute atomic E-state index is 3.57. The summed E-state index contributed by atoms with van der Waals surface area (Å²) in [6.07, 6.45) is 0. The number of nitrogens with one attached hydrogen (secondary N) is 2. The third-order valence-electron chi connectivity index (χ3n) is 4.40. The average molecular weight is 257 g/mol. The van der Waals surface area contributed by atoms with E-state index in [1.54, 1.807) is 0 Å². The van der Waals surface area contributed by atoms with Gasteiger partial charge >= 0.3 is 0 Å². The molecule has 2 aromatic rings. The third kappa shape index (κ3) is 2.17. The van der Waals surface area contributed by atoms with Crippen LogP contribution in [0.2, 0.25) is 0 Å². The fourth-order valence-electron chi connectivity index (χ4n) is 3.31. The molecular formula is C16H23N3. The van der Waals surface area contributed by atoms with E-state index >= 15 is 0 Å². The molecule has 1 aliphatic rings. The summed E-state index contributed by atoms with van der Waals surface area (Å²) in [6.45, 7) is 11.2. The Kier molecular flexibility index (Phi) is 3.33. The van der Waals surface area contributed by atoms with Crippen molar-refractivity contribution in [2.24, 2.45) is 0 Å². The summed E-state index contributed by atoms with van der Waals surface area (Å²) < 4.78 is 0. The molecule has 0 spiro atoms. The smallest absolute Gasteiger partial charge is 0.0489 e. The van der Waals surface area contributed by atoms with Crippen molar-refractivity contribution in [3.63, 3.8) is 0 Å². The summed E-state index contributed by atoms with van der Waals surface area (Å²) in [5.74, 6) is 0. The maximum Gasteiger partial charge on any atom is 0.0489 e. The van der Waals surface area contributed by atoms with Crippen LogP contribution in [-0.2, 0) is 0 Å². The van der Waals surface area contributed by atoms with Crippen molar-refractivity contribution in [1.29, 1.82) is 0 Å². The lowest BCUT2D eigenvalue weighted by molar-refractivity contribution is 0.186. The molecule has 3 nitrogen and oxygen atoms in total. The predicted molar refractivity (Wildman–Crippen MR) is 80.6 cm³/mol. The molecule has 0 radical (unpaired) electrons. The van der Waals surface area contributed by atoms with E-state index < -0.39 is 0 Å². The molecule has 0 aliphatic carbocycles. The quantitative estimate of drug-likeness (QED) is 0.867. The molecule has 1 fully saturated rings. The van der Waals surface area contributed by atoms with Gasteiger partial charge in [-0.25, -0.2) is 0 Å². The number of fused-ring (bicyclic) bond motifs is 1. The number of benzene rings is 1. The van der Waals surface area contributed by atoms with Gasteiger partial charge in [0.25, 0.3) is 0 Å². The van der Waals surface area contributed by atoms with Crippen LogP contribution in [0.25, 0.3) is 10.9 Å². The van der Waals surface area contributed by atoms with Gasteiger partial charge in [-0.2, -0.15) is 0 Å². The van der Waals surface area contributed by atoms with E-state index in [1.165, 1.54) is 27.7 Å². The highest BCUT2D eigenvalue weighted by molar-refractivity contribution is 5.87. The van der Waals surface area contributed by atoms with Crippen molar-refractivity contribution >= 4 is 10.9 Å². The van der Waals surface area contributed by atoms with E-state index in [1.807, 2.05) is 0 Å². The summed E-state index contributed by atoms with van der Waals surface area (Å²) in [5.41, 5.74) is 5.42. The molecule has 2 N–H and O–H groups in total. The van der Waals surface area contributed by atoms with Gasteiger partial charge in [0.15, 0.2) is 0 Å². The molecule has 1 aromatic heterocycles. The molecule has 1 aromatic carbocycles. The first-order valence-corrected chi connectivity index (χ1v) is 7.21. The Balaban J connectivity index is 2.03. The highest BCUT2D eigenvalue weighted by Crippen LogP contribution is 2.32. The molecule has 3 heteroatoms. The van der Waals surface area contributed by atoms with Crippen LogP contribution in [0.1, 0.15) is 29.8 Å². The second-order valence-corrected chi connectivity index (χ2v) is 5.62. The molecule has 102 valence electrons. The minimum Gasteiger partial charge on any atom is -0.358 e. The van der Waals surface area contributed by atoms with E-state index in [0.717, 1.165) is 26.2 Å². The monoisotopic (exact) mass is 257 g/mol. The number of nitrogens with zero attached hydrogens (tertiary/aromatic N) is 1. The van der Waals surface area contributed by atoms with Crippen LogP contribution in [0.5, 0.6) is 0 Å². The molecular weight excluding hydrogens is 234 g/mol. The van der Waals surface area contributed by atoms with E-state index in [0.29, 0.717) is 6.04 Å². The van der Waals surface area contributed by atoms with E-state index in [4.69, 9.17) is 0 Å². The van der Waals surface area contributed by atoms with Gasteiger partial charge in [0.2, 0.25) is 0 Å². The lowest BCUT2D eigenvalue weighted by atomic mass is 10.0. The van der Waals surface area contributed by atoms with Gasteiger partial charge in [-0.1, -0.05) is 18.2 Å². The zero-order chi connectivity index (χ0) is 13.4. The van der Waals surface area contributed by atoms with Crippen LogP contribution >= 0.6 is 0 Å². The van der Waals surface area contributed by atoms with Crippen LogP contribution in [0, 0.1) is 13.8 Å². The molecule has 3 rings (SSSR count).